The molecule has 6 heteroatoms. The Morgan fingerprint density at radius 1 is 1.14 bits per heavy atom. The molecule has 0 saturated heterocycles. The molecule has 1 fully saturated rings. The number of methoxy groups -OCH3 is 1. The van der Waals surface area contributed by atoms with E-state index in [1.54, 1.807) is 33.1 Å². The van der Waals surface area contributed by atoms with Gasteiger partial charge in [-0.2, -0.15) is 0 Å². The molecule has 2 rings (SSSR count). The van der Waals surface area contributed by atoms with Crippen LogP contribution in [0.25, 0.3) is 0 Å². The Kier molecular flexibility index (Phi) is 4.91. The predicted molar refractivity (Wildman–Crippen MR) is 81.0 cm³/mol. The maximum Gasteiger partial charge on any atom is 0.238 e. The van der Waals surface area contributed by atoms with E-state index < -0.39 is 10.0 Å². The Morgan fingerprint density at radius 3 is 2.24 bits per heavy atom. The third-order valence-corrected chi connectivity index (χ3v) is 5.15. The van der Waals surface area contributed by atoms with Crippen molar-refractivity contribution < 1.29 is 17.9 Å². The van der Waals surface area contributed by atoms with E-state index in [0.29, 0.717) is 16.9 Å². The molecule has 0 aliphatic heterocycles. The zero-order valence-corrected chi connectivity index (χ0v) is 13.6. The molecule has 118 valence electrons. The lowest BCUT2D eigenvalue weighted by Gasteiger charge is -2.29. The van der Waals surface area contributed by atoms with Gasteiger partial charge in [-0.05, 0) is 56.4 Å². The molecule has 5 nitrogen and oxygen atoms in total. The molecule has 0 spiro atoms. The van der Waals surface area contributed by atoms with Crippen molar-refractivity contribution in [2.75, 3.05) is 7.11 Å². The summed E-state index contributed by atoms with van der Waals surface area (Å²) in [6.45, 7) is 3.47. The molecule has 1 aromatic carbocycles. The van der Waals surface area contributed by atoms with E-state index in [-0.39, 0.29) is 17.1 Å². The summed E-state index contributed by atoms with van der Waals surface area (Å²) in [6.07, 6.45) is 4.37. The van der Waals surface area contributed by atoms with Gasteiger partial charge in [0.25, 0.3) is 0 Å². The van der Waals surface area contributed by atoms with Crippen LogP contribution in [-0.2, 0) is 14.8 Å². The van der Waals surface area contributed by atoms with E-state index in [9.17, 15) is 8.42 Å². The number of benzene rings is 1. The van der Waals surface area contributed by atoms with Crippen LogP contribution in [0.2, 0.25) is 0 Å². The van der Waals surface area contributed by atoms with E-state index in [4.69, 9.17) is 14.6 Å². The molecule has 1 aliphatic carbocycles. The molecule has 0 aromatic heterocycles. The lowest BCUT2D eigenvalue weighted by molar-refractivity contribution is 0.0209. The topological polar surface area (TPSA) is 78.6 Å². The van der Waals surface area contributed by atoms with Crippen molar-refractivity contribution in [3.05, 3.63) is 23.3 Å². The van der Waals surface area contributed by atoms with Crippen molar-refractivity contribution in [1.29, 1.82) is 0 Å². The number of hydrogen-bond acceptors (Lipinski definition) is 4. The van der Waals surface area contributed by atoms with Gasteiger partial charge >= 0.3 is 0 Å². The van der Waals surface area contributed by atoms with Gasteiger partial charge in [-0.25, -0.2) is 13.6 Å². The van der Waals surface area contributed by atoms with Gasteiger partial charge in [0.05, 0.1) is 11.0 Å². The van der Waals surface area contributed by atoms with Gasteiger partial charge in [0.2, 0.25) is 10.0 Å². The average Bonchev–Trinajstić information content (AvgIpc) is 2.36. The molecule has 2 unspecified atom stereocenters. The SMILES string of the molecule is COC1CCCC(Oc2cc(C)c(S(N)(=O)=O)c(C)c2)C1. The standard InChI is InChI=1S/C15H23NO4S/c1-10-7-14(8-11(2)15(10)21(16,17)18)20-13-6-4-5-12(9-13)19-3/h7-8,12-13H,4-6,9H2,1-3H3,(H2,16,17,18). The third kappa shape index (κ3) is 3.96. The average molecular weight is 313 g/mol. The minimum Gasteiger partial charge on any atom is -0.490 e. The molecule has 0 bridgehead atoms. The van der Waals surface area contributed by atoms with Crippen LogP contribution in [0.4, 0.5) is 0 Å². The first-order valence-corrected chi connectivity index (χ1v) is 8.69. The molecular formula is C15H23NO4S. The monoisotopic (exact) mass is 313 g/mol. The molecule has 21 heavy (non-hydrogen) atoms. The van der Waals surface area contributed by atoms with Crippen molar-refractivity contribution in [3.63, 3.8) is 0 Å². The molecule has 0 amide bonds. The van der Waals surface area contributed by atoms with Crippen LogP contribution < -0.4 is 9.88 Å². The predicted octanol–water partition coefficient (Wildman–Crippen LogP) is 2.29. The highest BCUT2D eigenvalue weighted by Gasteiger charge is 2.24. The van der Waals surface area contributed by atoms with Gasteiger partial charge in [-0.1, -0.05) is 0 Å². The second-order valence-electron chi connectivity index (χ2n) is 5.70. The van der Waals surface area contributed by atoms with E-state index in [1.165, 1.54) is 0 Å². The first-order valence-electron chi connectivity index (χ1n) is 7.14. The van der Waals surface area contributed by atoms with Crippen LogP contribution in [0.1, 0.15) is 36.8 Å². The number of primary sulfonamides is 1. The van der Waals surface area contributed by atoms with Crippen molar-refractivity contribution >= 4 is 10.0 Å². The lowest BCUT2D eigenvalue weighted by atomic mass is 9.95. The van der Waals surface area contributed by atoms with Gasteiger partial charge in [-0.3, -0.25) is 0 Å². The molecule has 1 aromatic rings. The van der Waals surface area contributed by atoms with Crippen LogP contribution in [0, 0.1) is 13.8 Å². The van der Waals surface area contributed by atoms with Gasteiger partial charge in [0.15, 0.2) is 0 Å². The van der Waals surface area contributed by atoms with Gasteiger partial charge < -0.3 is 9.47 Å². The maximum atomic E-state index is 11.6. The number of rotatable bonds is 4. The summed E-state index contributed by atoms with van der Waals surface area (Å²) < 4.78 is 34.6. The molecule has 1 aliphatic rings. The van der Waals surface area contributed by atoms with E-state index in [1.807, 2.05) is 0 Å². The maximum absolute atomic E-state index is 11.6. The Morgan fingerprint density at radius 2 is 1.71 bits per heavy atom. The summed E-state index contributed by atoms with van der Waals surface area (Å²) in [5, 5.41) is 5.24. The zero-order chi connectivity index (χ0) is 15.6. The highest BCUT2D eigenvalue weighted by molar-refractivity contribution is 7.89. The second-order valence-corrected chi connectivity index (χ2v) is 7.19. The Balaban J connectivity index is 2.19. The van der Waals surface area contributed by atoms with Gasteiger partial charge in [0.1, 0.15) is 11.9 Å². The number of aryl methyl sites for hydroxylation is 2. The fourth-order valence-electron chi connectivity index (χ4n) is 3.04. The Labute approximate surface area is 126 Å². The highest BCUT2D eigenvalue weighted by atomic mass is 32.2. The molecule has 2 atom stereocenters. The minimum atomic E-state index is -3.70. The Bertz CT molecular complexity index is 589. The number of hydrogen-bond donors (Lipinski definition) is 1. The van der Waals surface area contributed by atoms with Crippen molar-refractivity contribution in [2.24, 2.45) is 5.14 Å². The Hall–Kier alpha value is -1.11. The summed E-state index contributed by atoms with van der Waals surface area (Å²) in [5.74, 6) is 0.694. The lowest BCUT2D eigenvalue weighted by Crippen LogP contribution is -2.29. The number of sulfonamides is 1. The van der Waals surface area contributed by atoms with Crippen LogP contribution in [0.3, 0.4) is 0 Å². The van der Waals surface area contributed by atoms with Crippen LogP contribution in [0.5, 0.6) is 5.75 Å². The largest absolute Gasteiger partial charge is 0.490 e. The molecule has 0 radical (unpaired) electrons. The number of nitrogens with two attached hydrogens (primary N) is 1. The summed E-state index contributed by atoms with van der Waals surface area (Å²) in [4.78, 5) is 0.188. The first-order chi connectivity index (χ1) is 9.81. The molecular weight excluding hydrogens is 290 g/mol. The number of ether oxygens (including phenoxy) is 2. The van der Waals surface area contributed by atoms with Crippen LogP contribution in [0.15, 0.2) is 17.0 Å². The quantitative estimate of drug-likeness (QED) is 0.925. The van der Waals surface area contributed by atoms with Crippen molar-refractivity contribution in [1.82, 2.24) is 0 Å². The smallest absolute Gasteiger partial charge is 0.238 e. The van der Waals surface area contributed by atoms with E-state index in [0.717, 1.165) is 25.7 Å². The van der Waals surface area contributed by atoms with E-state index in [2.05, 4.69) is 0 Å². The zero-order valence-electron chi connectivity index (χ0n) is 12.8. The van der Waals surface area contributed by atoms with Crippen molar-refractivity contribution in [2.45, 2.75) is 56.6 Å². The highest BCUT2D eigenvalue weighted by Crippen LogP contribution is 2.29. The third-order valence-electron chi connectivity index (χ3n) is 3.93. The fraction of sp³-hybridized carbons (Fsp3) is 0.600. The second kappa shape index (κ2) is 6.34. The summed E-state index contributed by atoms with van der Waals surface area (Å²) in [5.41, 5.74) is 1.23. The van der Waals surface area contributed by atoms with Gasteiger partial charge in [0, 0.05) is 13.5 Å². The van der Waals surface area contributed by atoms with Gasteiger partial charge in [-0.15, -0.1) is 0 Å². The summed E-state index contributed by atoms with van der Waals surface area (Å²) >= 11 is 0. The van der Waals surface area contributed by atoms with Crippen LogP contribution in [-0.4, -0.2) is 27.7 Å². The first kappa shape index (κ1) is 16.3. The summed E-state index contributed by atoms with van der Waals surface area (Å²) in [7, 11) is -1.98. The van der Waals surface area contributed by atoms with E-state index >= 15 is 0 Å². The fourth-order valence-corrected chi connectivity index (χ4v) is 4.06. The minimum absolute atomic E-state index is 0.114. The molecule has 2 N–H and O–H groups in total. The van der Waals surface area contributed by atoms with Crippen LogP contribution >= 0.6 is 0 Å². The normalized spacial score (nSPS) is 23.0. The van der Waals surface area contributed by atoms with Crippen molar-refractivity contribution in [3.8, 4) is 5.75 Å². The molecule has 0 heterocycles. The molecule has 1 saturated carbocycles. The summed E-state index contributed by atoms with van der Waals surface area (Å²) in [6, 6.07) is 3.48.